The Labute approximate surface area is 146 Å². The summed E-state index contributed by atoms with van der Waals surface area (Å²) < 4.78 is 11.1. The first-order valence-corrected chi connectivity index (χ1v) is 8.46. The fourth-order valence-electron chi connectivity index (χ4n) is 3.11. The highest BCUT2D eigenvalue weighted by atomic mass is 35.5. The van der Waals surface area contributed by atoms with Crippen LogP contribution in [-0.2, 0) is 19.1 Å². The van der Waals surface area contributed by atoms with Gasteiger partial charge in [-0.3, -0.25) is 9.59 Å². The lowest BCUT2D eigenvalue weighted by atomic mass is 9.97. The van der Waals surface area contributed by atoms with Gasteiger partial charge in [0, 0.05) is 25.2 Å². The van der Waals surface area contributed by atoms with E-state index < -0.39 is 12.1 Å². The van der Waals surface area contributed by atoms with E-state index >= 15 is 0 Å². The minimum atomic E-state index is -0.754. The zero-order valence-corrected chi connectivity index (χ0v) is 14.3. The summed E-state index contributed by atoms with van der Waals surface area (Å²) in [7, 11) is 1.69. The maximum Gasteiger partial charge on any atom is 0.251 e. The lowest BCUT2D eigenvalue weighted by Gasteiger charge is -2.38. The van der Waals surface area contributed by atoms with Gasteiger partial charge in [-0.1, -0.05) is 23.7 Å². The molecule has 0 aromatic heterocycles. The Kier molecular flexibility index (Phi) is 5.38. The minimum Gasteiger partial charge on any atom is -0.376 e. The third-order valence-corrected chi connectivity index (χ3v) is 4.73. The molecule has 3 unspecified atom stereocenters. The van der Waals surface area contributed by atoms with Crippen LogP contribution in [0.5, 0.6) is 0 Å². The van der Waals surface area contributed by atoms with E-state index in [9.17, 15) is 9.59 Å². The second-order valence-corrected chi connectivity index (χ2v) is 6.55. The van der Waals surface area contributed by atoms with Crippen molar-refractivity contribution in [2.45, 2.75) is 31.1 Å². The maximum absolute atomic E-state index is 12.6. The molecule has 2 saturated heterocycles. The van der Waals surface area contributed by atoms with E-state index in [1.807, 2.05) is 12.1 Å². The van der Waals surface area contributed by atoms with Gasteiger partial charge in [0.1, 0.15) is 6.61 Å². The van der Waals surface area contributed by atoms with E-state index in [1.165, 1.54) is 0 Å². The van der Waals surface area contributed by atoms with Crippen LogP contribution in [0.25, 0.3) is 0 Å². The zero-order valence-electron chi connectivity index (χ0n) is 13.5. The fourth-order valence-corrected chi connectivity index (χ4v) is 3.24. The number of halogens is 1. The number of hydrogen-bond donors (Lipinski definition) is 1. The van der Waals surface area contributed by atoms with Gasteiger partial charge in [-0.05, 0) is 30.5 Å². The molecule has 3 rings (SSSR count). The number of likely N-dealkylation sites (N-methyl/N-ethyl adjacent to an activating group) is 1. The smallest absolute Gasteiger partial charge is 0.251 e. The SMILES string of the molecule is CN1C(=O)COC(C(=O)NCC2CCCO2)C1c1ccc(Cl)cc1. The number of hydrogen-bond acceptors (Lipinski definition) is 4. The molecule has 2 amide bonds. The largest absolute Gasteiger partial charge is 0.376 e. The second-order valence-electron chi connectivity index (χ2n) is 6.11. The summed E-state index contributed by atoms with van der Waals surface area (Å²) in [4.78, 5) is 26.2. The van der Waals surface area contributed by atoms with Crippen molar-refractivity contribution in [3.63, 3.8) is 0 Å². The summed E-state index contributed by atoms with van der Waals surface area (Å²) in [5, 5.41) is 3.49. The molecule has 0 saturated carbocycles. The Morgan fingerprint density at radius 1 is 1.33 bits per heavy atom. The second kappa shape index (κ2) is 7.51. The molecule has 2 aliphatic heterocycles. The normalized spacial score (nSPS) is 27.3. The van der Waals surface area contributed by atoms with Crippen LogP contribution in [0, 0.1) is 0 Å². The predicted molar refractivity (Wildman–Crippen MR) is 88.7 cm³/mol. The highest BCUT2D eigenvalue weighted by Gasteiger charge is 2.40. The summed E-state index contributed by atoms with van der Waals surface area (Å²) in [6, 6.07) is 6.63. The van der Waals surface area contributed by atoms with Crippen molar-refractivity contribution in [1.82, 2.24) is 10.2 Å². The molecule has 0 bridgehead atoms. The summed E-state index contributed by atoms with van der Waals surface area (Å²) in [6.07, 6.45) is 1.27. The van der Waals surface area contributed by atoms with E-state index in [1.54, 1.807) is 24.1 Å². The van der Waals surface area contributed by atoms with E-state index in [-0.39, 0.29) is 24.5 Å². The molecule has 3 atom stereocenters. The van der Waals surface area contributed by atoms with Gasteiger partial charge in [0.2, 0.25) is 5.91 Å². The van der Waals surface area contributed by atoms with E-state index in [0.29, 0.717) is 11.6 Å². The Balaban J connectivity index is 1.74. The average Bonchev–Trinajstić information content (AvgIpc) is 3.09. The third-order valence-electron chi connectivity index (χ3n) is 4.48. The van der Waals surface area contributed by atoms with Crippen molar-refractivity contribution >= 4 is 23.4 Å². The standard InChI is InChI=1S/C17H21ClN2O4/c1-20-14(21)10-24-16(15(20)11-4-6-12(18)7-5-11)17(22)19-9-13-3-2-8-23-13/h4-7,13,15-16H,2-3,8-10H2,1H3,(H,19,22). The molecule has 1 aromatic carbocycles. The first-order valence-electron chi connectivity index (χ1n) is 8.08. The molecule has 0 radical (unpaired) electrons. The number of morpholine rings is 1. The quantitative estimate of drug-likeness (QED) is 0.892. The molecule has 0 aliphatic carbocycles. The summed E-state index contributed by atoms with van der Waals surface area (Å²) in [5.41, 5.74) is 0.812. The molecule has 1 N–H and O–H groups in total. The summed E-state index contributed by atoms with van der Waals surface area (Å²) in [5.74, 6) is -0.386. The predicted octanol–water partition coefficient (Wildman–Crippen LogP) is 1.53. The van der Waals surface area contributed by atoms with Crippen LogP contribution in [-0.4, -0.2) is 55.7 Å². The third kappa shape index (κ3) is 3.71. The van der Waals surface area contributed by atoms with Crippen molar-refractivity contribution in [3.05, 3.63) is 34.9 Å². The zero-order chi connectivity index (χ0) is 17.1. The number of ether oxygens (including phenoxy) is 2. The molecule has 2 aliphatic rings. The van der Waals surface area contributed by atoms with Crippen molar-refractivity contribution in [2.75, 3.05) is 26.8 Å². The van der Waals surface area contributed by atoms with Crippen molar-refractivity contribution in [3.8, 4) is 0 Å². The Morgan fingerprint density at radius 3 is 2.75 bits per heavy atom. The molecule has 2 heterocycles. The number of benzene rings is 1. The van der Waals surface area contributed by atoms with Gasteiger partial charge < -0.3 is 19.7 Å². The lowest BCUT2D eigenvalue weighted by Crippen LogP contribution is -2.53. The maximum atomic E-state index is 12.6. The van der Waals surface area contributed by atoms with Gasteiger partial charge in [-0.15, -0.1) is 0 Å². The molecule has 24 heavy (non-hydrogen) atoms. The van der Waals surface area contributed by atoms with Crippen LogP contribution in [0.2, 0.25) is 5.02 Å². The van der Waals surface area contributed by atoms with Crippen molar-refractivity contribution in [1.29, 1.82) is 0 Å². The molecule has 0 spiro atoms. The molecular formula is C17H21ClN2O4. The molecule has 130 valence electrons. The average molecular weight is 353 g/mol. The van der Waals surface area contributed by atoms with Crippen LogP contribution >= 0.6 is 11.6 Å². The Morgan fingerprint density at radius 2 is 2.08 bits per heavy atom. The number of carbonyl (C=O) groups excluding carboxylic acids is 2. The fraction of sp³-hybridized carbons (Fsp3) is 0.529. The van der Waals surface area contributed by atoms with Crippen molar-refractivity contribution < 1.29 is 19.1 Å². The van der Waals surface area contributed by atoms with Gasteiger partial charge in [-0.25, -0.2) is 0 Å². The molecule has 7 heteroatoms. The molecular weight excluding hydrogens is 332 g/mol. The van der Waals surface area contributed by atoms with Gasteiger partial charge in [0.25, 0.3) is 5.91 Å². The minimum absolute atomic E-state index is 0.0610. The number of rotatable bonds is 4. The number of amides is 2. The first kappa shape index (κ1) is 17.2. The van der Waals surface area contributed by atoms with Crippen LogP contribution < -0.4 is 5.32 Å². The molecule has 1 aromatic rings. The Bertz CT molecular complexity index is 601. The topological polar surface area (TPSA) is 67.9 Å². The van der Waals surface area contributed by atoms with Crippen LogP contribution in [0.15, 0.2) is 24.3 Å². The van der Waals surface area contributed by atoms with Gasteiger partial charge >= 0.3 is 0 Å². The van der Waals surface area contributed by atoms with Crippen LogP contribution in [0.3, 0.4) is 0 Å². The number of nitrogens with zero attached hydrogens (tertiary/aromatic N) is 1. The van der Waals surface area contributed by atoms with Crippen LogP contribution in [0.1, 0.15) is 24.4 Å². The van der Waals surface area contributed by atoms with E-state index in [4.69, 9.17) is 21.1 Å². The summed E-state index contributed by atoms with van der Waals surface area (Å²) in [6.45, 7) is 1.10. The number of nitrogens with one attached hydrogen (secondary N) is 1. The monoisotopic (exact) mass is 352 g/mol. The van der Waals surface area contributed by atoms with Gasteiger partial charge in [0.15, 0.2) is 6.10 Å². The van der Waals surface area contributed by atoms with E-state index in [2.05, 4.69) is 5.32 Å². The molecule has 6 nitrogen and oxygen atoms in total. The highest BCUT2D eigenvalue weighted by Crippen LogP contribution is 2.30. The first-order chi connectivity index (χ1) is 11.6. The lowest BCUT2D eigenvalue weighted by molar-refractivity contribution is -0.162. The highest BCUT2D eigenvalue weighted by molar-refractivity contribution is 6.30. The van der Waals surface area contributed by atoms with Crippen LogP contribution in [0.4, 0.5) is 0 Å². The molecule has 2 fully saturated rings. The Hall–Kier alpha value is -1.63. The van der Waals surface area contributed by atoms with Gasteiger partial charge in [-0.2, -0.15) is 0 Å². The van der Waals surface area contributed by atoms with E-state index in [0.717, 1.165) is 25.0 Å². The summed E-state index contributed by atoms with van der Waals surface area (Å²) >= 11 is 5.93. The van der Waals surface area contributed by atoms with Gasteiger partial charge in [0.05, 0.1) is 12.1 Å². The van der Waals surface area contributed by atoms with Crippen molar-refractivity contribution in [2.24, 2.45) is 0 Å². The number of carbonyl (C=O) groups is 2.